The maximum Gasteiger partial charge on any atom is 0.0722 e. The first-order valence-corrected chi connectivity index (χ1v) is 4.98. The normalized spacial score (nSPS) is 22.4. The molecule has 2 rings (SSSR count). The Labute approximate surface area is 84.5 Å². The van der Waals surface area contributed by atoms with E-state index >= 15 is 0 Å². The molecular formula is C11H16N2O. The number of nitrogens with two attached hydrogens (primary N) is 1. The van der Waals surface area contributed by atoms with Gasteiger partial charge in [0.15, 0.2) is 0 Å². The van der Waals surface area contributed by atoms with Crippen molar-refractivity contribution in [3.05, 3.63) is 24.3 Å². The second-order valence-corrected chi connectivity index (χ2v) is 3.72. The second kappa shape index (κ2) is 3.88. The molecule has 1 saturated heterocycles. The number of hydrogen-bond donors (Lipinski definition) is 1. The zero-order chi connectivity index (χ0) is 9.97. The number of anilines is 2. The van der Waals surface area contributed by atoms with Gasteiger partial charge >= 0.3 is 0 Å². The first kappa shape index (κ1) is 9.34. The molecule has 3 nitrogen and oxygen atoms in total. The van der Waals surface area contributed by atoms with Gasteiger partial charge in [0.25, 0.3) is 0 Å². The van der Waals surface area contributed by atoms with Gasteiger partial charge in [-0.1, -0.05) is 0 Å². The summed E-state index contributed by atoms with van der Waals surface area (Å²) in [6.07, 6.45) is 0.321. The Morgan fingerprint density at radius 1 is 1.36 bits per heavy atom. The van der Waals surface area contributed by atoms with E-state index in [0.29, 0.717) is 6.10 Å². The van der Waals surface area contributed by atoms with E-state index in [1.54, 1.807) is 0 Å². The van der Waals surface area contributed by atoms with Gasteiger partial charge in [0.1, 0.15) is 0 Å². The average Bonchev–Trinajstić information content (AvgIpc) is 2.19. The molecule has 14 heavy (non-hydrogen) atoms. The Kier molecular flexibility index (Phi) is 2.59. The van der Waals surface area contributed by atoms with E-state index in [1.807, 2.05) is 12.1 Å². The first-order chi connectivity index (χ1) is 6.75. The van der Waals surface area contributed by atoms with E-state index in [1.165, 1.54) is 5.69 Å². The van der Waals surface area contributed by atoms with E-state index in [-0.39, 0.29) is 0 Å². The third kappa shape index (κ3) is 1.99. The molecule has 1 aromatic carbocycles. The monoisotopic (exact) mass is 192 g/mol. The minimum atomic E-state index is 0.321. The molecule has 0 aromatic heterocycles. The van der Waals surface area contributed by atoms with Gasteiger partial charge in [0.2, 0.25) is 0 Å². The summed E-state index contributed by atoms with van der Waals surface area (Å²) in [6.45, 7) is 4.84. The van der Waals surface area contributed by atoms with Crippen molar-refractivity contribution in [2.75, 3.05) is 30.3 Å². The fourth-order valence-corrected chi connectivity index (χ4v) is 1.74. The first-order valence-electron chi connectivity index (χ1n) is 4.98. The predicted molar refractivity (Wildman–Crippen MR) is 58.5 cm³/mol. The molecule has 0 bridgehead atoms. The van der Waals surface area contributed by atoms with E-state index in [9.17, 15) is 0 Å². The summed E-state index contributed by atoms with van der Waals surface area (Å²) in [6, 6.07) is 8.01. The minimum Gasteiger partial charge on any atom is -0.399 e. The van der Waals surface area contributed by atoms with Crippen LogP contribution in [0, 0.1) is 0 Å². The number of benzene rings is 1. The molecule has 0 unspecified atom stereocenters. The van der Waals surface area contributed by atoms with Crippen LogP contribution in [0.25, 0.3) is 0 Å². The Morgan fingerprint density at radius 2 is 2.07 bits per heavy atom. The minimum absolute atomic E-state index is 0.321. The van der Waals surface area contributed by atoms with E-state index < -0.39 is 0 Å². The lowest BCUT2D eigenvalue weighted by Gasteiger charge is -2.32. The molecule has 1 aliphatic heterocycles. The summed E-state index contributed by atoms with van der Waals surface area (Å²) in [7, 11) is 0. The molecule has 1 atom stereocenters. The van der Waals surface area contributed by atoms with Crippen LogP contribution in [-0.4, -0.2) is 25.8 Å². The van der Waals surface area contributed by atoms with Crippen molar-refractivity contribution >= 4 is 11.4 Å². The SMILES string of the molecule is C[C@H]1CN(c2ccc(N)cc2)CCO1. The quantitative estimate of drug-likeness (QED) is 0.685. The number of morpholine rings is 1. The molecule has 1 aromatic rings. The summed E-state index contributed by atoms with van der Waals surface area (Å²) in [5.41, 5.74) is 7.69. The van der Waals surface area contributed by atoms with Crippen molar-refractivity contribution in [2.45, 2.75) is 13.0 Å². The van der Waals surface area contributed by atoms with Crippen LogP contribution in [0.3, 0.4) is 0 Å². The Bertz CT molecular complexity index is 297. The van der Waals surface area contributed by atoms with Gasteiger partial charge in [0.05, 0.1) is 12.7 Å². The zero-order valence-electron chi connectivity index (χ0n) is 8.44. The van der Waals surface area contributed by atoms with Crippen molar-refractivity contribution in [1.82, 2.24) is 0 Å². The Hall–Kier alpha value is -1.22. The Morgan fingerprint density at radius 3 is 2.71 bits per heavy atom. The molecular weight excluding hydrogens is 176 g/mol. The van der Waals surface area contributed by atoms with E-state index in [2.05, 4.69) is 24.0 Å². The summed E-state index contributed by atoms with van der Waals surface area (Å²) in [4.78, 5) is 2.33. The van der Waals surface area contributed by atoms with Crippen LogP contribution in [-0.2, 0) is 4.74 Å². The molecule has 0 amide bonds. The van der Waals surface area contributed by atoms with Gasteiger partial charge < -0.3 is 15.4 Å². The molecule has 1 heterocycles. The van der Waals surface area contributed by atoms with Crippen molar-refractivity contribution in [3.63, 3.8) is 0 Å². The lowest BCUT2D eigenvalue weighted by molar-refractivity contribution is 0.0532. The third-order valence-electron chi connectivity index (χ3n) is 2.50. The fraction of sp³-hybridized carbons (Fsp3) is 0.455. The number of nitrogen functional groups attached to an aromatic ring is 1. The number of hydrogen-bond acceptors (Lipinski definition) is 3. The molecule has 2 N–H and O–H groups in total. The second-order valence-electron chi connectivity index (χ2n) is 3.72. The Balaban J connectivity index is 2.10. The lowest BCUT2D eigenvalue weighted by Crippen LogP contribution is -2.41. The molecule has 76 valence electrons. The van der Waals surface area contributed by atoms with Gasteiger partial charge in [-0.2, -0.15) is 0 Å². The standard InChI is InChI=1S/C11H16N2O/c1-9-8-13(6-7-14-9)11-4-2-10(12)3-5-11/h2-5,9H,6-8,12H2,1H3/t9-/m0/s1. The smallest absolute Gasteiger partial charge is 0.0722 e. The molecule has 0 saturated carbocycles. The summed E-state index contributed by atoms with van der Waals surface area (Å²) < 4.78 is 5.49. The topological polar surface area (TPSA) is 38.5 Å². The van der Waals surface area contributed by atoms with Crippen LogP contribution in [0.5, 0.6) is 0 Å². The van der Waals surface area contributed by atoms with Crippen molar-refractivity contribution < 1.29 is 4.74 Å². The van der Waals surface area contributed by atoms with Gasteiger partial charge in [-0.25, -0.2) is 0 Å². The lowest BCUT2D eigenvalue weighted by atomic mass is 10.2. The summed E-state index contributed by atoms with van der Waals surface area (Å²) in [5.74, 6) is 0. The van der Waals surface area contributed by atoms with Crippen molar-refractivity contribution in [1.29, 1.82) is 0 Å². The highest BCUT2D eigenvalue weighted by Crippen LogP contribution is 2.18. The van der Waals surface area contributed by atoms with Gasteiger partial charge in [0, 0.05) is 24.5 Å². The largest absolute Gasteiger partial charge is 0.399 e. The van der Waals surface area contributed by atoms with Crippen LogP contribution in [0.2, 0.25) is 0 Å². The maximum absolute atomic E-state index is 5.64. The van der Waals surface area contributed by atoms with Crippen LogP contribution in [0.15, 0.2) is 24.3 Å². The molecule has 0 aliphatic carbocycles. The van der Waals surface area contributed by atoms with Gasteiger partial charge in [-0.15, -0.1) is 0 Å². The van der Waals surface area contributed by atoms with Crippen LogP contribution >= 0.6 is 0 Å². The average molecular weight is 192 g/mol. The number of rotatable bonds is 1. The number of nitrogens with zero attached hydrogens (tertiary/aromatic N) is 1. The maximum atomic E-state index is 5.64. The number of ether oxygens (including phenoxy) is 1. The summed E-state index contributed by atoms with van der Waals surface area (Å²) in [5, 5.41) is 0. The molecule has 1 fully saturated rings. The third-order valence-corrected chi connectivity index (χ3v) is 2.50. The zero-order valence-corrected chi connectivity index (χ0v) is 8.44. The van der Waals surface area contributed by atoms with Crippen LogP contribution in [0.1, 0.15) is 6.92 Å². The highest BCUT2D eigenvalue weighted by molar-refractivity contribution is 5.53. The van der Waals surface area contributed by atoms with Crippen LogP contribution in [0.4, 0.5) is 11.4 Å². The van der Waals surface area contributed by atoms with Crippen molar-refractivity contribution in [2.24, 2.45) is 0 Å². The summed E-state index contributed by atoms with van der Waals surface area (Å²) >= 11 is 0. The van der Waals surface area contributed by atoms with E-state index in [4.69, 9.17) is 10.5 Å². The highest BCUT2D eigenvalue weighted by atomic mass is 16.5. The molecule has 1 aliphatic rings. The molecule has 0 spiro atoms. The predicted octanol–water partition coefficient (Wildman–Crippen LogP) is 1.49. The van der Waals surface area contributed by atoms with Crippen molar-refractivity contribution in [3.8, 4) is 0 Å². The van der Waals surface area contributed by atoms with E-state index in [0.717, 1.165) is 25.4 Å². The fourth-order valence-electron chi connectivity index (χ4n) is 1.74. The molecule has 3 heteroatoms. The van der Waals surface area contributed by atoms with Gasteiger partial charge in [-0.05, 0) is 31.2 Å². The van der Waals surface area contributed by atoms with Gasteiger partial charge in [-0.3, -0.25) is 0 Å². The highest BCUT2D eigenvalue weighted by Gasteiger charge is 2.16. The van der Waals surface area contributed by atoms with Crippen LogP contribution < -0.4 is 10.6 Å². The molecule has 0 radical (unpaired) electrons.